The second-order valence-corrected chi connectivity index (χ2v) is 6.36. The van der Waals surface area contributed by atoms with Crippen LogP contribution in [0.1, 0.15) is 0 Å². The zero-order valence-corrected chi connectivity index (χ0v) is 8.70. The minimum Gasteiger partial charge on any atom is -0.394 e. The summed E-state index contributed by atoms with van der Waals surface area (Å²) in [5.41, 5.74) is 0. The Bertz CT molecular complexity index is 55.2. The lowest BCUT2D eigenvalue weighted by atomic mass is 10.7. The summed E-state index contributed by atoms with van der Waals surface area (Å²) >= 11 is 3.94. The van der Waals surface area contributed by atoms with Crippen LogP contribution >= 0.6 is 42.1 Å². The van der Waals surface area contributed by atoms with Crippen molar-refractivity contribution in [2.45, 2.75) is 0 Å². The maximum Gasteiger partial charge on any atom is 0.0698 e. The van der Waals surface area contributed by atoms with E-state index in [0.29, 0.717) is 13.2 Å². The summed E-state index contributed by atoms with van der Waals surface area (Å²) in [6.07, 6.45) is 0. The van der Waals surface area contributed by atoms with E-state index in [9.17, 15) is 0 Å². The molecule has 0 atom stereocenters. The molecule has 0 aliphatic rings. The van der Waals surface area contributed by atoms with Gasteiger partial charge in [-0.25, -0.2) is 0 Å². The molecule has 0 radical (unpaired) electrons. The fourth-order valence-electron chi connectivity index (χ4n) is 0.315. The number of hydrogen-bond acceptors (Lipinski definition) is 6. The summed E-state index contributed by atoms with van der Waals surface area (Å²) in [7, 11) is 4.76. The molecule has 2 nitrogen and oxygen atoms in total. The molecular weight excluding hydrogens is 208 g/mol. The second-order valence-electron chi connectivity index (χ2n) is 1.30. The van der Waals surface area contributed by atoms with E-state index in [2.05, 4.69) is 11.7 Å². The van der Waals surface area contributed by atoms with Crippen molar-refractivity contribution in [3.8, 4) is 0 Å². The average Bonchev–Trinajstić information content (AvgIpc) is 1.97. The molecule has 0 saturated heterocycles. The first-order chi connectivity index (χ1) is 4.91. The Balaban J connectivity index is 2.65. The summed E-state index contributed by atoms with van der Waals surface area (Å²) in [4.78, 5) is 0. The van der Waals surface area contributed by atoms with E-state index in [1.165, 1.54) is 9.83 Å². The summed E-state index contributed by atoms with van der Waals surface area (Å²) in [6.45, 7) is 1.25. The van der Waals surface area contributed by atoms with Gasteiger partial charge in [0.25, 0.3) is 0 Å². The van der Waals surface area contributed by atoms with Crippen LogP contribution in [-0.4, -0.2) is 30.7 Å². The molecule has 0 bridgehead atoms. The zero-order chi connectivity index (χ0) is 7.66. The third kappa shape index (κ3) is 9.32. The first-order valence-corrected chi connectivity index (χ1v) is 7.40. The van der Waals surface area contributed by atoms with Crippen molar-refractivity contribution in [1.82, 2.24) is 0 Å². The van der Waals surface area contributed by atoms with Gasteiger partial charge in [-0.2, -0.15) is 0 Å². The Kier molecular flexibility index (Phi) is 11.7. The monoisotopic (exact) mass is 218 g/mol. The normalized spacial score (nSPS) is 10.2. The molecule has 10 heavy (non-hydrogen) atoms. The predicted octanol–water partition coefficient (Wildman–Crippen LogP) is 1.87. The highest BCUT2D eigenvalue weighted by Gasteiger charge is 1.88. The number of ether oxygens (including phenoxy) is 1. The van der Waals surface area contributed by atoms with Crippen molar-refractivity contribution in [2.75, 3.05) is 25.6 Å². The van der Waals surface area contributed by atoms with Crippen molar-refractivity contribution < 1.29 is 9.84 Å². The fourth-order valence-corrected chi connectivity index (χ4v) is 3.31. The predicted molar refractivity (Wildman–Crippen MR) is 54.5 cm³/mol. The smallest absolute Gasteiger partial charge is 0.0698 e. The van der Waals surface area contributed by atoms with Gasteiger partial charge in [0.2, 0.25) is 0 Å². The molecular formula is C4H10O2S4. The van der Waals surface area contributed by atoms with Crippen LogP contribution in [0.3, 0.4) is 0 Å². The second kappa shape index (κ2) is 10.3. The number of thiol groups is 1. The van der Waals surface area contributed by atoms with E-state index in [1.54, 1.807) is 20.6 Å². The number of hydrogen-bond donors (Lipinski definition) is 2. The van der Waals surface area contributed by atoms with Gasteiger partial charge in [0.1, 0.15) is 0 Å². The largest absolute Gasteiger partial charge is 0.394 e. The Hall–Kier alpha value is 1.32. The quantitative estimate of drug-likeness (QED) is 0.387. The van der Waals surface area contributed by atoms with Gasteiger partial charge in [0.05, 0.1) is 19.8 Å². The molecule has 6 heteroatoms. The molecule has 0 fully saturated rings. The first kappa shape index (κ1) is 11.3. The molecule has 0 aromatic heterocycles. The van der Waals surface area contributed by atoms with E-state index >= 15 is 0 Å². The summed E-state index contributed by atoms with van der Waals surface area (Å²) < 4.78 is 5.01. The third-order valence-corrected chi connectivity index (χ3v) is 5.14. The van der Waals surface area contributed by atoms with Crippen molar-refractivity contribution in [1.29, 1.82) is 0 Å². The van der Waals surface area contributed by atoms with E-state index in [4.69, 9.17) is 9.84 Å². The van der Waals surface area contributed by atoms with Crippen LogP contribution in [0.2, 0.25) is 0 Å². The summed E-state index contributed by atoms with van der Waals surface area (Å²) in [5.74, 6) is 0.943. The third-order valence-electron chi connectivity index (χ3n) is 0.625. The topological polar surface area (TPSA) is 29.5 Å². The van der Waals surface area contributed by atoms with Gasteiger partial charge in [-0.1, -0.05) is 22.5 Å². The van der Waals surface area contributed by atoms with Gasteiger partial charge < -0.3 is 9.84 Å². The lowest BCUT2D eigenvalue weighted by Gasteiger charge is -1.98. The molecule has 0 unspecified atom stereocenters. The Labute approximate surface area is 77.5 Å². The van der Waals surface area contributed by atoms with E-state index in [1.807, 2.05) is 0 Å². The number of rotatable bonds is 7. The molecule has 0 spiro atoms. The van der Waals surface area contributed by atoms with Crippen LogP contribution in [0.25, 0.3) is 0 Å². The van der Waals surface area contributed by atoms with Gasteiger partial charge in [0, 0.05) is 5.75 Å². The molecule has 1 N–H and O–H groups in total. The lowest BCUT2D eigenvalue weighted by molar-refractivity contribution is 0.103. The molecule has 0 aliphatic carbocycles. The maximum absolute atomic E-state index is 8.32. The van der Waals surface area contributed by atoms with Crippen LogP contribution in [0, 0.1) is 0 Å². The van der Waals surface area contributed by atoms with Crippen LogP contribution in [0.15, 0.2) is 0 Å². The Morgan fingerprint density at radius 2 is 2.20 bits per heavy atom. The lowest BCUT2D eigenvalue weighted by Crippen LogP contribution is -2.01. The van der Waals surface area contributed by atoms with Gasteiger partial charge in [0.15, 0.2) is 0 Å². The minimum atomic E-state index is 0.110. The first-order valence-electron chi connectivity index (χ1n) is 2.70. The Morgan fingerprint density at radius 3 is 2.80 bits per heavy atom. The molecule has 0 aromatic carbocycles. The van der Waals surface area contributed by atoms with Crippen molar-refractivity contribution in [3.05, 3.63) is 0 Å². The van der Waals surface area contributed by atoms with Gasteiger partial charge in [-0.15, -0.1) is 0 Å². The molecule has 0 aromatic rings. The number of aliphatic hydroxyl groups excluding tert-OH is 1. The van der Waals surface area contributed by atoms with Crippen LogP contribution < -0.4 is 0 Å². The van der Waals surface area contributed by atoms with Gasteiger partial charge >= 0.3 is 0 Å². The summed E-state index contributed by atoms with van der Waals surface area (Å²) in [6, 6.07) is 0. The van der Waals surface area contributed by atoms with Crippen molar-refractivity contribution >= 4 is 42.1 Å². The SMILES string of the molecule is OCCOCCSSSS. The van der Waals surface area contributed by atoms with E-state index in [0.717, 1.165) is 5.75 Å². The average molecular weight is 218 g/mol. The highest BCUT2D eigenvalue weighted by atomic mass is 33.7. The zero-order valence-electron chi connectivity index (χ0n) is 5.36. The molecule has 0 saturated carbocycles. The van der Waals surface area contributed by atoms with Crippen LogP contribution in [0.4, 0.5) is 0 Å². The number of aliphatic hydroxyl groups is 1. The maximum atomic E-state index is 8.32. The minimum absolute atomic E-state index is 0.110. The summed E-state index contributed by atoms with van der Waals surface area (Å²) in [5, 5.41) is 8.32. The van der Waals surface area contributed by atoms with Gasteiger partial charge in [-0.05, 0) is 19.7 Å². The van der Waals surface area contributed by atoms with Crippen LogP contribution in [-0.2, 0) is 4.74 Å². The van der Waals surface area contributed by atoms with Crippen molar-refractivity contribution in [3.63, 3.8) is 0 Å². The molecule has 0 heterocycles. The highest BCUT2D eigenvalue weighted by molar-refractivity contribution is 9.23. The molecule has 0 aliphatic heterocycles. The standard InChI is InChI=1S/C4H10O2S4/c5-1-2-6-3-4-8-10-9-7/h5,7H,1-4H2. The molecule has 0 amide bonds. The molecule has 62 valence electrons. The van der Waals surface area contributed by atoms with E-state index < -0.39 is 0 Å². The van der Waals surface area contributed by atoms with Crippen LogP contribution in [0.5, 0.6) is 0 Å². The molecule has 0 rings (SSSR count). The van der Waals surface area contributed by atoms with Gasteiger partial charge in [-0.3, -0.25) is 0 Å². The van der Waals surface area contributed by atoms with E-state index in [-0.39, 0.29) is 6.61 Å². The fraction of sp³-hybridized carbons (Fsp3) is 1.00. The Morgan fingerprint density at radius 1 is 1.40 bits per heavy atom. The van der Waals surface area contributed by atoms with Crippen molar-refractivity contribution in [2.24, 2.45) is 0 Å². The highest BCUT2D eigenvalue weighted by Crippen LogP contribution is 2.36.